The van der Waals surface area contributed by atoms with Crippen LogP contribution in [0.1, 0.15) is 22.5 Å². The average molecular weight is 462 g/mol. The molecule has 0 bridgehead atoms. The summed E-state index contributed by atoms with van der Waals surface area (Å²) in [6.07, 6.45) is 1.19. The van der Waals surface area contributed by atoms with Crippen molar-refractivity contribution in [2.75, 3.05) is 18.5 Å². The van der Waals surface area contributed by atoms with E-state index in [9.17, 15) is 14.4 Å². The molecule has 1 aromatic heterocycles. The van der Waals surface area contributed by atoms with Crippen LogP contribution in [0, 0.1) is 0 Å². The quantitative estimate of drug-likeness (QED) is 0.526. The molecule has 2 amide bonds. The number of thiophene rings is 1. The summed E-state index contributed by atoms with van der Waals surface area (Å²) in [5.74, 6) is -1.40. The zero-order valence-corrected chi connectivity index (χ0v) is 17.5. The molecular formula is C18H15Cl3N2O4S. The molecule has 10 heteroatoms. The van der Waals surface area contributed by atoms with Crippen LogP contribution in [-0.2, 0) is 14.3 Å². The highest BCUT2D eigenvalue weighted by molar-refractivity contribution is 7.12. The number of hydrogen-bond acceptors (Lipinski definition) is 5. The lowest BCUT2D eigenvalue weighted by Crippen LogP contribution is -2.41. The van der Waals surface area contributed by atoms with E-state index in [4.69, 9.17) is 39.5 Å². The molecule has 6 nitrogen and oxygen atoms in total. The highest BCUT2D eigenvalue weighted by Gasteiger charge is 2.36. The molecule has 2 aromatic rings. The predicted molar refractivity (Wildman–Crippen MR) is 109 cm³/mol. The van der Waals surface area contributed by atoms with Crippen molar-refractivity contribution in [3.63, 3.8) is 0 Å². The Hall–Kier alpha value is -1.80. The summed E-state index contributed by atoms with van der Waals surface area (Å²) in [4.78, 5) is 39.0. The molecule has 148 valence electrons. The van der Waals surface area contributed by atoms with Crippen molar-refractivity contribution in [3.05, 3.63) is 49.6 Å². The molecule has 1 unspecified atom stereocenters. The van der Waals surface area contributed by atoms with Gasteiger partial charge in [-0.1, -0.05) is 40.9 Å². The van der Waals surface area contributed by atoms with Gasteiger partial charge in [0.2, 0.25) is 0 Å². The van der Waals surface area contributed by atoms with E-state index in [0.717, 1.165) is 0 Å². The third kappa shape index (κ3) is 4.78. The molecule has 1 saturated heterocycles. The summed E-state index contributed by atoms with van der Waals surface area (Å²) < 4.78 is 5.11. The number of esters is 1. The fourth-order valence-corrected chi connectivity index (χ4v) is 4.11. The van der Waals surface area contributed by atoms with Gasteiger partial charge in [-0.05, 0) is 36.4 Å². The Labute approximate surface area is 180 Å². The van der Waals surface area contributed by atoms with Crippen LogP contribution in [0.5, 0.6) is 0 Å². The van der Waals surface area contributed by atoms with Crippen LogP contribution in [0.4, 0.5) is 5.69 Å². The van der Waals surface area contributed by atoms with Crippen molar-refractivity contribution < 1.29 is 19.1 Å². The van der Waals surface area contributed by atoms with E-state index in [1.807, 2.05) is 0 Å². The molecule has 1 atom stereocenters. The Bertz CT molecular complexity index is 904. The van der Waals surface area contributed by atoms with Crippen LogP contribution in [0.25, 0.3) is 0 Å². The molecule has 1 fully saturated rings. The van der Waals surface area contributed by atoms with E-state index in [1.54, 1.807) is 17.5 Å². The zero-order valence-electron chi connectivity index (χ0n) is 14.4. The number of benzene rings is 1. The van der Waals surface area contributed by atoms with Crippen LogP contribution < -0.4 is 5.32 Å². The van der Waals surface area contributed by atoms with Crippen LogP contribution >= 0.6 is 46.1 Å². The summed E-state index contributed by atoms with van der Waals surface area (Å²) in [6, 6.07) is 5.60. The second-order valence-electron chi connectivity index (χ2n) is 6.04. The van der Waals surface area contributed by atoms with Gasteiger partial charge >= 0.3 is 5.97 Å². The van der Waals surface area contributed by atoms with Gasteiger partial charge in [0.1, 0.15) is 6.04 Å². The van der Waals surface area contributed by atoms with Gasteiger partial charge in [0, 0.05) is 6.54 Å². The Balaban J connectivity index is 1.56. The SMILES string of the molecule is O=C(COC(=O)C1CCCN1C(=O)c1cccs1)Nc1cc(Cl)c(Cl)cc1Cl. The first-order valence-corrected chi connectivity index (χ1v) is 10.3. The van der Waals surface area contributed by atoms with Gasteiger partial charge in [-0.2, -0.15) is 0 Å². The van der Waals surface area contributed by atoms with E-state index in [2.05, 4.69) is 5.32 Å². The molecule has 0 spiro atoms. The number of rotatable bonds is 5. The normalized spacial score (nSPS) is 16.1. The molecule has 0 aliphatic carbocycles. The number of hydrogen-bond donors (Lipinski definition) is 1. The average Bonchev–Trinajstić information content (AvgIpc) is 3.35. The highest BCUT2D eigenvalue weighted by atomic mass is 35.5. The van der Waals surface area contributed by atoms with E-state index >= 15 is 0 Å². The van der Waals surface area contributed by atoms with Crippen molar-refractivity contribution in [3.8, 4) is 0 Å². The predicted octanol–water partition coefficient (Wildman–Crippen LogP) is 4.49. The second-order valence-corrected chi connectivity index (χ2v) is 8.21. The van der Waals surface area contributed by atoms with Gasteiger partial charge in [0.05, 0.1) is 25.6 Å². The molecule has 28 heavy (non-hydrogen) atoms. The molecule has 3 rings (SSSR count). The van der Waals surface area contributed by atoms with Crippen LogP contribution in [0.2, 0.25) is 15.1 Å². The number of nitrogens with zero attached hydrogens (tertiary/aromatic N) is 1. The van der Waals surface area contributed by atoms with Crippen molar-refractivity contribution in [1.82, 2.24) is 4.90 Å². The minimum Gasteiger partial charge on any atom is -0.454 e. The van der Waals surface area contributed by atoms with E-state index in [1.165, 1.54) is 28.4 Å². The van der Waals surface area contributed by atoms with Crippen LogP contribution in [0.15, 0.2) is 29.6 Å². The van der Waals surface area contributed by atoms with Gasteiger partial charge in [0.25, 0.3) is 11.8 Å². The fourth-order valence-electron chi connectivity index (χ4n) is 2.83. The van der Waals surface area contributed by atoms with Gasteiger partial charge in [-0.3, -0.25) is 9.59 Å². The number of likely N-dealkylation sites (tertiary alicyclic amines) is 1. The number of nitrogens with one attached hydrogen (secondary N) is 1. The van der Waals surface area contributed by atoms with Crippen molar-refractivity contribution >= 4 is 69.6 Å². The fraction of sp³-hybridized carbons (Fsp3) is 0.278. The molecule has 0 radical (unpaired) electrons. The van der Waals surface area contributed by atoms with E-state index < -0.39 is 24.5 Å². The van der Waals surface area contributed by atoms with Crippen molar-refractivity contribution in [2.24, 2.45) is 0 Å². The Morgan fingerprint density at radius 2 is 1.93 bits per heavy atom. The molecule has 1 aliphatic rings. The Kier molecular flexibility index (Phi) is 6.82. The standard InChI is InChI=1S/C18H15Cl3N2O4S/c19-10-7-12(21)13(8-11(10)20)22-16(24)9-27-18(26)14-3-1-5-23(14)17(25)15-4-2-6-28-15/h2,4,6-8,14H,1,3,5,9H2,(H,22,24). The lowest BCUT2D eigenvalue weighted by molar-refractivity contribution is -0.151. The first-order chi connectivity index (χ1) is 13.4. The van der Waals surface area contributed by atoms with Gasteiger partial charge in [-0.15, -0.1) is 11.3 Å². The highest BCUT2D eigenvalue weighted by Crippen LogP contribution is 2.32. The largest absolute Gasteiger partial charge is 0.454 e. The topological polar surface area (TPSA) is 75.7 Å². The molecule has 1 N–H and O–H groups in total. The summed E-state index contributed by atoms with van der Waals surface area (Å²) in [6.45, 7) is -0.0332. The number of ether oxygens (including phenoxy) is 1. The van der Waals surface area contributed by atoms with E-state index in [0.29, 0.717) is 24.3 Å². The number of halogens is 3. The van der Waals surface area contributed by atoms with Crippen molar-refractivity contribution in [1.29, 1.82) is 0 Å². The molecule has 1 aliphatic heterocycles. The maximum Gasteiger partial charge on any atom is 0.329 e. The number of carbonyl (C=O) groups is 3. The third-order valence-corrected chi connectivity index (χ3v) is 6.04. The van der Waals surface area contributed by atoms with Crippen LogP contribution in [-0.4, -0.2) is 41.9 Å². The summed E-state index contributed by atoms with van der Waals surface area (Å²) in [5, 5.41) is 5.00. The zero-order chi connectivity index (χ0) is 20.3. The minimum atomic E-state index is -0.698. The molecule has 0 saturated carbocycles. The maximum atomic E-state index is 12.5. The lowest BCUT2D eigenvalue weighted by atomic mass is 10.2. The van der Waals surface area contributed by atoms with Gasteiger partial charge in [0.15, 0.2) is 6.61 Å². The second kappa shape index (κ2) is 9.13. The Morgan fingerprint density at radius 3 is 2.64 bits per heavy atom. The monoisotopic (exact) mass is 460 g/mol. The summed E-state index contributed by atoms with van der Waals surface area (Å²) in [5.41, 5.74) is 0.257. The number of anilines is 1. The van der Waals surface area contributed by atoms with Gasteiger partial charge < -0.3 is 15.0 Å². The van der Waals surface area contributed by atoms with Gasteiger partial charge in [-0.25, -0.2) is 4.79 Å². The summed E-state index contributed by atoms with van der Waals surface area (Å²) >= 11 is 19.1. The minimum absolute atomic E-state index is 0.206. The maximum absolute atomic E-state index is 12.5. The Morgan fingerprint density at radius 1 is 1.18 bits per heavy atom. The molecule has 1 aromatic carbocycles. The number of carbonyl (C=O) groups excluding carboxylic acids is 3. The lowest BCUT2D eigenvalue weighted by Gasteiger charge is -2.22. The van der Waals surface area contributed by atoms with E-state index in [-0.39, 0.29) is 26.7 Å². The smallest absolute Gasteiger partial charge is 0.329 e. The number of amides is 2. The van der Waals surface area contributed by atoms with Crippen molar-refractivity contribution in [2.45, 2.75) is 18.9 Å². The third-order valence-electron chi connectivity index (χ3n) is 4.15. The summed E-state index contributed by atoms with van der Waals surface area (Å²) in [7, 11) is 0. The molecule has 2 heterocycles. The molecular weight excluding hydrogens is 447 g/mol. The first kappa shape index (κ1) is 20.9. The first-order valence-electron chi connectivity index (χ1n) is 8.32. The van der Waals surface area contributed by atoms with Crippen LogP contribution in [0.3, 0.4) is 0 Å².